The van der Waals surface area contributed by atoms with E-state index in [1.165, 1.54) is 50.6 Å². The largest absolute Gasteiger partial charge is 0.336 e. The first kappa shape index (κ1) is 37.8. The number of rotatable bonds is 9. The molecule has 0 saturated carbocycles. The minimum absolute atomic E-state index is 0.0593. The Morgan fingerprint density at radius 2 is 1.55 bits per heavy atom. The molecule has 17 nitrogen and oxygen atoms in total. The van der Waals surface area contributed by atoms with E-state index in [2.05, 4.69) is 16.0 Å². The summed E-state index contributed by atoms with van der Waals surface area (Å²) in [5, 5.41) is 9.20. The third-order valence-corrected chi connectivity index (χ3v) is 10.5. The third-order valence-electron chi connectivity index (χ3n) is 10.2. The molecule has 18 heteroatoms. The highest BCUT2D eigenvalue weighted by atomic mass is 35.5. The van der Waals surface area contributed by atoms with E-state index < -0.39 is 22.5 Å². The van der Waals surface area contributed by atoms with Crippen LogP contribution in [0.2, 0.25) is 5.28 Å². The number of amides is 2. The van der Waals surface area contributed by atoms with E-state index in [1.807, 2.05) is 50.2 Å². The number of benzene rings is 2. The number of hydrogen-bond acceptors (Lipinski definition) is 9. The summed E-state index contributed by atoms with van der Waals surface area (Å²) in [5.74, 6) is -0.628. The minimum Gasteiger partial charge on any atom is -0.336 e. The van der Waals surface area contributed by atoms with E-state index in [9.17, 15) is 34.0 Å². The number of hydrogen-bond donors (Lipinski definition) is 0. The predicted octanol–water partition coefficient (Wildman–Crippen LogP) is 1.49. The number of anilines is 1. The molecule has 2 aromatic carbocycles. The molecule has 0 radical (unpaired) electrons. The average molecular weight is 780 g/mol. The van der Waals surface area contributed by atoms with Crippen molar-refractivity contribution in [2.24, 2.45) is 21.1 Å². The van der Waals surface area contributed by atoms with Gasteiger partial charge in [0.05, 0.1) is 25.4 Å². The number of carbonyl (C=O) groups is 2. The van der Waals surface area contributed by atoms with Crippen LogP contribution in [0.4, 0.5) is 5.69 Å². The Balaban J connectivity index is 1.12. The first-order valence-electron chi connectivity index (χ1n) is 17.8. The normalized spacial score (nSPS) is 12.6. The van der Waals surface area contributed by atoms with Crippen LogP contribution >= 0.6 is 11.6 Å². The van der Waals surface area contributed by atoms with Crippen molar-refractivity contribution in [2.45, 2.75) is 52.9 Å². The van der Waals surface area contributed by atoms with E-state index in [-0.39, 0.29) is 72.0 Å². The molecule has 0 fully saturated rings. The number of carbonyl (C=O) groups excluding carboxylic acids is 2. The van der Waals surface area contributed by atoms with Crippen molar-refractivity contribution in [2.75, 3.05) is 18.0 Å². The minimum atomic E-state index is -0.603. The summed E-state index contributed by atoms with van der Waals surface area (Å²) in [6.07, 6.45) is 2.01. The second-order valence-corrected chi connectivity index (χ2v) is 14.4. The molecule has 0 unspecified atom stereocenters. The van der Waals surface area contributed by atoms with Crippen LogP contribution in [0.5, 0.6) is 0 Å². The summed E-state index contributed by atoms with van der Waals surface area (Å²) in [7, 11) is 4.21. The van der Waals surface area contributed by atoms with Gasteiger partial charge in [-0.05, 0) is 71.8 Å². The predicted molar refractivity (Wildman–Crippen MR) is 208 cm³/mol. The molecule has 6 aromatic rings. The Bertz CT molecular complexity index is 2880. The van der Waals surface area contributed by atoms with E-state index in [1.54, 1.807) is 4.90 Å². The highest BCUT2D eigenvalue weighted by Gasteiger charge is 2.26. The lowest BCUT2D eigenvalue weighted by atomic mass is 9.97. The second-order valence-electron chi connectivity index (χ2n) is 14.1. The maximum Gasteiger partial charge on any atom is 0.332 e. The van der Waals surface area contributed by atoms with Crippen LogP contribution in [-0.4, -0.2) is 67.2 Å². The molecule has 1 aliphatic heterocycles. The van der Waals surface area contributed by atoms with Gasteiger partial charge in [0.25, 0.3) is 11.1 Å². The summed E-state index contributed by atoms with van der Waals surface area (Å²) >= 11 is 6.36. The quantitative estimate of drug-likeness (QED) is 0.196. The Hall–Kier alpha value is -6.54. The summed E-state index contributed by atoms with van der Waals surface area (Å²) < 4.78 is 7.30. The van der Waals surface area contributed by atoms with Crippen LogP contribution in [0.25, 0.3) is 22.3 Å². The van der Waals surface area contributed by atoms with Crippen molar-refractivity contribution in [3.05, 3.63) is 118 Å². The van der Waals surface area contributed by atoms with Crippen LogP contribution in [0.1, 0.15) is 34.2 Å². The monoisotopic (exact) mass is 779 g/mol. The lowest BCUT2D eigenvalue weighted by molar-refractivity contribution is -0.132. The van der Waals surface area contributed by atoms with E-state index in [4.69, 9.17) is 11.6 Å². The van der Waals surface area contributed by atoms with Gasteiger partial charge in [-0.2, -0.15) is 10.2 Å². The van der Waals surface area contributed by atoms with Gasteiger partial charge >= 0.3 is 11.4 Å². The summed E-state index contributed by atoms with van der Waals surface area (Å²) in [4.78, 5) is 91.4. The van der Waals surface area contributed by atoms with Crippen LogP contribution in [0.15, 0.2) is 61.9 Å². The number of fused-ring (bicyclic) bond motifs is 3. The van der Waals surface area contributed by atoms with Gasteiger partial charge in [-0.1, -0.05) is 24.3 Å². The standard InChI is InChI=1S/C38H38ClN11O6/c1-22-13-23(2)15-27(14-22)48(11-6-10-40)29(52)19-47-21-41-32-30(47)34(53)45(5)38(56)50(32)17-24-7-8-26-18-46(12-9-25(26)16-24)28(51)20-49-31-33(42-36(49)39)43(3)37(55)44(4)35(31)54/h7-8,13-16,21H,6,9,11-12,17-20H2,1-5H3. The molecule has 0 saturated heterocycles. The van der Waals surface area contributed by atoms with E-state index in [0.29, 0.717) is 25.2 Å². The zero-order valence-corrected chi connectivity index (χ0v) is 32.2. The molecule has 4 aromatic heterocycles. The molecule has 288 valence electrons. The van der Waals surface area contributed by atoms with E-state index >= 15 is 0 Å². The average Bonchev–Trinajstić information content (AvgIpc) is 3.73. The number of aromatic nitrogens is 8. The van der Waals surface area contributed by atoms with Gasteiger partial charge in [0, 0.05) is 46.5 Å². The topological polar surface area (TPSA) is 188 Å². The smallest absolute Gasteiger partial charge is 0.332 e. The Kier molecular flexibility index (Phi) is 9.85. The molecule has 0 spiro atoms. The number of imidazole rings is 2. The molecular weight excluding hydrogens is 742 g/mol. The van der Waals surface area contributed by atoms with Crippen molar-refractivity contribution < 1.29 is 9.59 Å². The van der Waals surface area contributed by atoms with Crippen molar-refractivity contribution >= 4 is 51.4 Å². The lowest BCUT2D eigenvalue weighted by Crippen LogP contribution is -2.40. The molecule has 0 atom stereocenters. The van der Waals surface area contributed by atoms with E-state index in [0.717, 1.165) is 37.0 Å². The summed E-state index contributed by atoms with van der Waals surface area (Å²) in [6.45, 7) is 4.30. The van der Waals surface area contributed by atoms with Gasteiger partial charge in [0.15, 0.2) is 22.3 Å². The molecular formula is C38H38ClN11O6. The Morgan fingerprint density at radius 3 is 2.27 bits per heavy atom. The van der Waals surface area contributed by atoms with Gasteiger partial charge in [-0.3, -0.25) is 42.0 Å². The van der Waals surface area contributed by atoms with Gasteiger partial charge in [0.2, 0.25) is 17.1 Å². The molecule has 5 heterocycles. The zero-order chi connectivity index (χ0) is 40.2. The first-order chi connectivity index (χ1) is 26.7. The second kappa shape index (κ2) is 14.6. The molecule has 0 aliphatic carbocycles. The fraction of sp³-hybridized carbons (Fsp3) is 0.342. The SMILES string of the molecule is Cc1cc(C)cc(N(CCC#N)C(=O)Cn2cnc3c2c(=O)n(C)c(=O)n3Cc2ccc3c(c2)CCN(C(=O)Cn2c(Cl)nc4c2c(=O)n(C)c(=O)n4C)C3)c1. The maximum absolute atomic E-state index is 13.8. The Labute approximate surface area is 323 Å². The molecule has 1 aliphatic rings. The molecule has 2 amide bonds. The maximum atomic E-state index is 13.8. The highest BCUT2D eigenvalue weighted by Crippen LogP contribution is 2.24. The van der Waals surface area contributed by atoms with Crippen LogP contribution in [-0.2, 0) is 63.3 Å². The molecule has 0 bridgehead atoms. The van der Waals surface area contributed by atoms with Crippen LogP contribution in [0, 0.1) is 25.2 Å². The van der Waals surface area contributed by atoms with Crippen molar-refractivity contribution in [3.8, 4) is 6.07 Å². The first-order valence-corrected chi connectivity index (χ1v) is 18.2. The van der Waals surface area contributed by atoms with Crippen molar-refractivity contribution in [3.63, 3.8) is 0 Å². The fourth-order valence-corrected chi connectivity index (χ4v) is 7.59. The molecule has 7 rings (SSSR count). The highest BCUT2D eigenvalue weighted by molar-refractivity contribution is 6.29. The fourth-order valence-electron chi connectivity index (χ4n) is 7.36. The Morgan fingerprint density at radius 1 is 0.857 bits per heavy atom. The number of halogens is 1. The van der Waals surface area contributed by atoms with Crippen LogP contribution < -0.4 is 27.4 Å². The van der Waals surface area contributed by atoms with Crippen LogP contribution in [0.3, 0.4) is 0 Å². The van der Waals surface area contributed by atoms with Gasteiger partial charge in [-0.25, -0.2) is 14.6 Å². The summed E-state index contributed by atoms with van der Waals surface area (Å²) in [6, 6.07) is 13.5. The third kappa shape index (κ3) is 6.61. The number of nitrogens with zero attached hydrogens (tertiary/aromatic N) is 11. The number of nitriles is 1. The lowest BCUT2D eigenvalue weighted by Gasteiger charge is -2.29. The van der Waals surface area contributed by atoms with Crippen molar-refractivity contribution in [1.82, 2.24) is 42.3 Å². The molecule has 56 heavy (non-hydrogen) atoms. The van der Waals surface area contributed by atoms with Gasteiger partial charge in [-0.15, -0.1) is 0 Å². The van der Waals surface area contributed by atoms with Gasteiger partial charge < -0.3 is 14.4 Å². The molecule has 0 N–H and O–H groups in total. The van der Waals surface area contributed by atoms with Crippen molar-refractivity contribution in [1.29, 1.82) is 5.26 Å². The van der Waals surface area contributed by atoms with Gasteiger partial charge in [0.1, 0.15) is 13.1 Å². The zero-order valence-electron chi connectivity index (χ0n) is 31.4. The summed E-state index contributed by atoms with van der Waals surface area (Å²) in [5.41, 5.74) is 3.29. The number of aryl methyl sites for hydroxylation is 3.